The van der Waals surface area contributed by atoms with Crippen molar-refractivity contribution in [3.8, 4) is 0 Å². The van der Waals surface area contributed by atoms with Crippen molar-refractivity contribution in [3.05, 3.63) is 54.1 Å². The normalized spacial score (nSPS) is 16.8. The maximum absolute atomic E-state index is 12.7. The quantitative estimate of drug-likeness (QED) is 0.875. The molecule has 0 spiro atoms. The van der Waals surface area contributed by atoms with Crippen LogP contribution in [0, 0.1) is 0 Å². The van der Waals surface area contributed by atoms with Crippen molar-refractivity contribution in [2.24, 2.45) is 0 Å². The third kappa shape index (κ3) is 4.27. The average Bonchev–Trinajstić information content (AvgIpc) is 3.14. The van der Waals surface area contributed by atoms with E-state index in [1.54, 1.807) is 6.20 Å². The van der Waals surface area contributed by atoms with Gasteiger partial charge in [0.25, 0.3) is 5.91 Å². The molecule has 0 radical (unpaired) electrons. The topological polar surface area (TPSA) is 59.4 Å². The number of aromatic nitrogens is 2. The fraction of sp³-hybridized carbons (Fsp3) is 0.474. The summed E-state index contributed by atoms with van der Waals surface area (Å²) in [6.07, 6.45) is 5.59. The first-order valence-corrected chi connectivity index (χ1v) is 8.83. The minimum Gasteiger partial charge on any atom is -0.379 e. The van der Waals surface area contributed by atoms with E-state index in [-0.39, 0.29) is 18.0 Å². The van der Waals surface area contributed by atoms with Crippen LogP contribution in [0.3, 0.4) is 0 Å². The number of nitrogens with zero attached hydrogens (tertiary/aromatic N) is 3. The van der Waals surface area contributed by atoms with E-state index in [2.05, 4.69) is 35.1 Å². The Labute approximate surface area is 148 Å². The number of carbonyl (C=O) groups is 1. The molecule has 0 bridgehead atoms. The van der Waals surface area contributed by atoms with E-state index in [4.69, 9.17) is 4.74 Å². The number of amides is 1. The van der Waals surface area contributed by atoms with Crippen LogP contribution in [0.1, 0.15) is 42.0 Å². The highest BCUT2D eigenvalue weighted by Crippen LogP contribution is 2.20. The zero-order valence-electron chi connectivity index (χ0n) is 14.9. The van der Waals surface area contributed by atoms with Crippen LogP contribution < -0.4 is 5.32 Å². The molecule has 1 fully saturated rings. The van der Waals surface area contributed by atoms with Crippen LogP contribution in [-0.2, 0) is 4.74 Å². The van der Waals surface area contributed by atoms with Gasteiger partial charge in [0, 0.05) is 44.3 Å². The van der Waals surface area contributed by atoms with Gasteiger partial charge >= 0.3 is 0 Å². The lowest BCUT2D eigenvalue weighted by molar-refractivity contribution is 0.0161. The van der Waals surface area contributed by atoms with Gasteiger partial charge in [-0.1, -0.05) is 6.07 Å². The summed E-state index contributed by atoms with van der Waals surface area (Å²) in [5, 5.41) is 3.11. The Morgan fingerprint density at radius 2 is 2.08 bits per heavy atom. The zero-order chi connectivity index (χ0) is 17.6. The Morgan fingerprint density at radius 1 is 1.28 bits per heavy atom. The van der Waals surface area contributed by atoms with Crippen LogP contribution in [-0.4, -0.2) is 53.2 Å². The van der Waals surface area contributed by atoms with E-state index in [1.165, 1.54) is 0 Å². The van der Waals surface area contributed by atoms with E-state index in [1.807, 2.05) is 35.2 Å². The molecule has 6 heteroatoms. The summed E-state index contributed by atoms with van der Waals surface area (Å²) in [4.78, 5) is 19.2. The molecule has 134 valence electrons. The summed E-state index contributed by atoms with van der Waals surface area (Å²) >= 11 is 0. The summed E-state index contributed by atoms with van der Waals surface area (Å²) < 4.78 is 7.45. The number of carbonyl (C=O) groups excluding carboxylic acids is 1. The smallest absolute Gasteiger partial charge is 0.267 e. The van der Waals surface area contributed by atoms with E-state index in [0.717, 1.165) is 31.9 Å². The monoisotopic (exact) mass is 342 g/mol. The molecule has 6 nitrogen and oxygen atoms in total. The Bertz CT molecular complexity index is 678. The first-order chi connectivity index (χ1) is 12.2. The van der Waals surface area contributed by atoms with Crippen molar-refractivity contribution < 1.29 is 9.53 Å². The summed E-state index contributed by atoms with van der Waals surface area (Å²) in [7, 11) is 0. The van der Waals surface area contributed by atoms with Crippen LogP contribution >= 0.6 is 0 Å². The number of rotatable bonds is 6. The fourth-order valence-corrected chi connectivity index (χ4v) is 3.24. The molecule has 25 heavy (non-hydrogen) atoms. The van der Waals surface area contributed by atoms with E-state index in [0.29, 0.717) is 12.2 Å². The van der Waals surface area contributed by atoms with Crippen molar-refractivity contribution >= 4 is 5.91 Å². The Kier molecular flexibility index (Phi) is 5.83. The molecule has 3 heterocycles. The summed E-state index contributed by atoms with van der Waals surface area (Å²) in [6, 6.07) is 8.14. The second-order valence-corrected chi connectivity index (χ2v) is 6.55. The van der Waals surface area contributed by atoms with Crippen LogP contribution in [0.5, 0.6) is 0 Å². The average molecular weight is 342 g/mol. The maximum Gasteiger partial charge on any atom is 0.267 e. The standard InChI is InChI=1S/C19H26N4O2/c1-15(2)23-8-4-6-17(23)19(24)21-14-18(16-5-3-7-20-13-16)22-9-11-25-12-10-22/h3-8,13,15,18H,9-12,14H2,1-2H3,(H,21,24). The number of hydrogen-bond acceptors (Lipinski definition) is 4. The molecule has 1 atom stereocenters. The van der Waals surface area contributed by atoms with Gasteiger partial charge in [0.2, 0.25) is 0 Å². The molecule has 2 aromatic rings. The highest BCUT2D eigenvalue weighted by Gasteiger charge is 2.24. The molecule has 1 saturated heterocycles. The Morgan fingerprint density at radius 3 is 2.76 bits per heavy atom. The van der Waals surface area contributed by atoms with Gasteiger partial charge in [-0.25, -0.2) is 0 Å². The predicted octanol–water partition coefficient (Wildman–Crippen LogP) is 2.27. The lowest BCUT2D eigenvalue weighted by Gasteiger charge is -2.34. The van der Waals surface area contributed by atoms with Crippen molar-refractivity contribution in [2.45, 2.75) is 25.9 Å². The third-order valence-electron chi connectivity index (χ3n) is 4.58. The molecule has 2 aromatic heterocycles. The Balaban J connectivity index is 1.72. The molecule has 1 N–H and O–H groups in total. The van der Waals surface area contributed by atoms with Crippen molar-refractivity contribution in [3.63, 3.8) is 0 Å². The lowest BCUT2D eigenvalue weighted by atomic mass is 10.1. The number of pyridine rings is 1. The molecule has 1 aliphatic heterocycles. The van der Waals surface area contributed by atoms with Gasteiger partial charge in [-0.2, -0.15) is 0 Å². The van der Waals surface area contributed by atoms with Gasteiger partial charge in [-0.3, -0.25) is 14.7 Å². The molecule has 1 amide bonds. The van der Waals surface area contributed by atoms with Crippen LogP contribution in [0.15, 0.2) is 42.9 Å². The summed E-state index contributed by atoms with van der Waals surface area (Å²) in [6.45, 7) is 7.86. The van der Waals surface area contributed by atoms with Gasteiger partial charge < -0.3 is 14.6 Å². The van der Waals surface area contributed by atoms with Gasteiger partial charge in [-0.05, 0) is 37.6 Å². The van der Waals surface area contributed by atoms with Crippen molar-refractivity contribution in [1.82, 2.24) is 19.8 Å². The number of morpholine rings is 1. The first-order valence-electron chi connectivity index (χ1n) is 8.83. The largest absolute Gasteiger partial charge is 0.379 e. The van der Waals surface area contributed by atoms with Gasteiger partial charge in [0.15, 0.2) is 0 Å². The number of nitrogens with one attached hydrogen (secondary N) is 1. The molecular formula is C19H26N4O2. The first kappa shape index (κ1) is 17.6. The second-order valence-electron chi connectivity index (χ2n) is 6.55. The van der Waals surface area contributed by atoms with Gasteiger partial charge in [0.1, 0.15) is 5.69 Å². The highest BCUT2D eigenvalue weighted by molar-refractivity contribution is 5.92. The van der Waals surface area contributed by atoms with Crippen molar-refractivity contribution in [1.29, 1.82) is 0 Å². The van der Waals surface area contributed by atoms with E-state index in [9.17, 15) is 4.79 Å². The second kappa shape index (κ2) is 8.27. The summed E-state index contributed by atoms with van der Waals surface area (Å²) in [5.41, 5.74) is 1.81. The van der Waals surface area contributed by atoms with Crippen LogP contribution in [0.25, 0.3) is 0 Å². The van der Waals surface area contributed by atoms with E-state index < -0.39 is 0 Å². The predicted molar refractivity (Wildman–Crippen MR) is 96.5 cm³/mol. The Hall–Kier alpha value is -2.18. The van der Waals surface area contributed by atoms with Crippen LogP contribution in [0.4, 0.5) is 0 Å². The lowest BCUT2D eigenvalue weighted by Crippen LogP contribution is -2.44. The zero-order valence-corrected chi connectivity index (χ0v) is 14.9. The van der Waals surface area contributed by atoms with Crippen LogP contribution in [0.2, 0.25) is 0 Å². The summed E-state index contributed by atoms with van der Waals surface area (Å²) in [5.74, 6) is -0.0409. The third-order valence-corrected chi connectivity index (χ3v) is 4.58. The molecule has 3 rings (SSSR count). The van der Waals surface area contributed by atoms with E-state index >= 15 is 0 Å². The van der Waals surface area contributed by atoms with Gasteiger partial charge in [-0.15, -0.1) is 0 Å². The molecule has 1 aliphatic rings. The molecule has 0 saturated carbocycles. The van der Waals surface area contributed by atoms with Crippen molar-refractivity contribution in [2.75, 3.05) is 32.8 Å². The highest BCUT2D eigenvalue weighted by atomic mass is 16.5. The SMILES string of the molecule is CC(C)n1cccc1C(=O)NCC(c1cccnc1)N1CCOCC1. The fourth-order valence-electron chi connectivity index (χ4n) is 3.24. The maximum atomic E-state index is 12.7. The molecule has 0 aromatic carbocycles. The molecule has 0 aliphatic carbocycles. The minimum absolute atomic E-state index is 0.0409. The minimum atomic E-state index is -0.0409. The van der Waals surface area contributed by atoms with Gasteiger partial charge in [0.05, 0.1) is 19.3 Å². The molecular weight excluding hydrogens is 316 g/mol. The number of hydrogen-bond donors (Lipinski definition) is 1. The number of ether oxygens (including phenoxy) is 1. The molecule has 1 unspecified atom stereocenters.